The molecule has 0 saturated heterocycles. The molecule has 0 amide bonds. The number of carbonyl (C=O) groups is 1. The molecule has 0 aromatic carbocycles. The number of rotatable bonds is 6. The summed E-state index contributed by atoms with van der Waals surface area (Å²) in [6, 6.07) is 0. The highest BCUT2D eigenvalue weighted by Gasteiger charge is 2.11. The van der Waals surface area contributed by atoms with Gasteiger partial charge >= 0.3 is 5.97 Å². The number of hydrogen-bond acceptors (Lipinski definition) is 4. The first kappa shape index (κ1) is 13.4. The molecule has 6 heteroatoms. The smallest absolute Gasteiger partial charge is 0.308 e. The fourth-order valence-electron chi connectivity index (χ4n) is 1.46. The summed E-state index contributed by atoms with van der Waals surface area (Å²) in [4.78, 5) is 28.9. The van der Waals surface area contributed by atoms with E-state index in [1.165, 1.54) is 0 Å². The second-order valence-electron chi connectivity index (χ2n) is 3.59. The molecule has 0 radical (unpaired) electrons. The van der Waals surface area contributed by atoms with Crippen molar-refractivity contribution in [2.24, 2.45) is 0 Å². The average molecular weight is 240 g/mol. The average Bonchev–Trinajstić information content (AvgIpc) is 2.24. The number of aliphatic carboxylic acids is 1. The zero-order valence-corrected chi connectivity index (χ0v) is 9.95. The van der Waals surface area contributed by atoms with Crippen LogP contribution in [0.2, 0.25) is 0 Å². The van der Waals surface area contributed by atoms with E-state index in [2.05, 4.69) is 9.97 Å². The number of aryl methyl sites for hydroxylation is 1. The van der Waals surface area contributed by atoms with Gasteiger partial charge in [-0.05, 0) is 13.8 Å². The highest BCUT2D eigenvalue weighted by Crippen LogP contribution is 2.01. The summed E-state index contributed by atoms with van der Waals surface area (Å²) in [6.07, 6.45) is 0.206. The number of ether oxygens (including phenoxy) is 1. The van der Waals surface area contributed by atoms with Gasteiger partial charge in [0.15, 0.2) is 0 Å². The Labute approximate surface area is 98.7 Å². The predicted octanol–water partition coefficient (Wildman–Crippen LogP) is 0.284. The summed E-state index contributed by atoms with van der Waals surface area (Å²) in [5.41, 5.74) is 0.284. The second kappa shape index (κ2) is 6.15. The standard InChI is InChI=1S/C11H16N2O4/c1-3-17-5-4-9-12-7(2)8(6-10(14)15)11(16)13-9/h3-6H2,1-2H3,(H,14,15)(H,12,13,16). The third kappa shape index (κ3) is 3.99. The lowest BCUT2D eigenvalue weighted by Gasteiger charge is -2.05. The van der Waals surface area contributed by atoms with Crippen LogP contribution in [0.4, 0.5) is 0 Å². The molecule has 1 aromatic rings. The Kier molecular flexibility index (Phi) is 4.84. The van der Waals surface area contributed by atoms with E-state index < -0.39 is 5.97 Å². The van der Waals surface area contributed by atoms with Gasteiger partial charge in [-0.15, -0.1) is 0 Å². The van der Waals surface area contributed by atoms with E-state index in [-0.39, 0.29) is 17.5 Å². The normalized spacial score (nSPS) is 10.5. The zero-order chi connectivity index (χ0) is 12.8. The number of nitrogens with zero attached hydrogens (tertiary/aromatic N) is 1. The molecule has 0 bridgehead atoms. The van der Waals surface area contributed by atoms with Crippen LogP contribution in [0.25, 0.3) is 0 Å². The van der Waals surface area contributed by atoms with Crippen molar-refractivity contribution >= 4 is 5.97 Å². The summed E-state index contributed by atoms with van der Waals surface area (Å²) in [5, 5.41) is 8.66. The summed E-state index contributed by atoms with van der Waals surface area (Å²) in [7, 11) is 0. The molecule has 0 aliphatic heterocycles. The number of aromatic nitrogens is 2. The van der Waals surface area contributed by atoms with E-state index in [4.69, 9.17) is 9.84 Å². The molecule has 17 heavy (non-hydrogen) atoms. The number of hydrogen-bond donors (Lipinski definition) is 2. The molecule has 2 N–H and O–H groups in total. The summed E-state index contributed by atoms with van der Waals surface area (Å²) in [5.74, 6) is -0.516. The van der Waals surface area contributed by atoms with Crippen molar-refractivity contribution in [2.75, 3.05) is 13.2 Å². The quantitative estimate of drug-likeness (QED) is 0.697. The zero-order valence-electron chi connectivity index (χ0n) is 9.95. The molecule has 6 nitrogen and oxygen atoms in total. The number of aromatic amines is 1. The number of carboxylic acids is 1. The Balaban J connectivity index is 2.85. The van der Waals surface area contributed by atoms with E-state index in [0.717, 1.165) is 0 Å². The fraction of sp³-hybridized carbons (Fsp3) is 0.545. The van der Waals surface area contributed by atoms with Gasteiger partial charge in [0.1, 0.15) is 5.82 Å². The molecule has 94 valence electrons. The first-order chi connectivity index (χ1) is 8.04. The molecular formula is C11H16N2O4. The molecule has 0 fully saturated rings. The number of carboxylic acid groups (broad SMARTS) is 1. The van der Waals surface area contributed by atoms with Crippen LogP contribution in [0.15, 0.2) is 4.79 Å². The molecule has 1 heterocycles. The maximum atomic E-state index is 11.6. The van der Waals surface area contributed by atoms with Gasteiger partial charge in [-0.1, -0.05) is 0 Å². The Morgan fingerprint density at radius 2 is 2.24 bits per heavy atom. The highest BCUT2D eigenvalue weighted by atomic mass is 16.5. The van der Waals surface area contributed by atoms with Gasteiger partial charge < -0.3 is 14.8 Å². The van der Waals surface area contributed by atoms with Crippen molar-refractivity contribution in [1.29, 1.82) is 0 Å². The van der Waals surface area contributed by atoms with Crippen molar-refractivity contribution in [2.45, 2.75) is 26.7 Å². The van der Waals surface area contributed by atoms with Gasteiger partial charge in [0.05, 0.1) is 13.0 Å². The number of H-pyrrole nitrogens is 1. The minimum Gasteiger partial charge on any atom is -0.481 e. The first-order valence-electron chi connectivity index (χ1n) is 5.42. The minimum atomic E-state index is -1.04. The van der Waals surface area contributed by atoms with Crippen LogP contribution in [0.5, 0.6) is 0 Å². The lowest BCUT2D eigenvalue weighted by atomic mass is 10.1. The summed E-state index contributed by atoms with van der Waals surface area (Å²) in [6.45, 7) is 4.62. The van der Waals surface area contributed by atoms with Gasteiger partial charge in [-0.3, -0.25) is 9.59 Å². The van der Waals surface area contributed by atoms with Crippen LogP contribution in [-0.2, 0) is 22.4 Å². The van der Waals surface area contributed by atoms with Gasteiger partial charge in [0.25, 0.3) is 5.56 Å². The lowest BCUT2D eigenvalue weighted by molar-refractivity contribution is -0.136. The van der Waals surface area contributed by atoms with Crippen LogP contribution in [0.1, 0.15) is 24.0 Å². The third-order valence-electron chi connectivity index (χ3n) is 2.29. The van der Waals surface area contributed by atoms with Crippen LogP contribution in [0, 0.1) is 6.92 Å². The Morgan fingerprint density at radius 3 is 2.76 bits per heavy atom. The predicted molar refractivity (Wildman–Crippen MR) is 61.1 cm³/mol. The van der Waals surface area contributed by atoms with Crippen molar-refractivity contribution < 1.29 is 14.6 Å². The monoisotopic (exact) mass is 240 g/mol. The van der Waals surface area contributed by atoms with Crippen molar-refractivity contribution in [3.05, 3.63) is 27.4 Å². The van der Waals surface area contributed by atoms with Crippen LogP contribution < -0.4 is 5.56 Å². The summed E-state index contributed by atoms with van der Waals surface area (Å²) < 4.78 is 5.16. The van der Waals surface area contributed by atoms with E-state index in [0.29, 0.717) is 31.2 Å². The number of nitrogens with one attached hydrogen (secondary N) is 1. The van der Waals surface area contributed by atoms with E-state index in [1.807, 2.05) is 6.92 Å². The molecule has 0 aliphatic carbocycles. The maximum absolute atomic E-state index is 11.6. The molecule has 0 atom stereocenters. The van der Waals surface area contributed by atoms with Gasteiger partial charge in [-0.25, -0.2) is 4.98 Å². The van der Waals surface area contributed by atoms with Crippen molar-refractivity contribution in [1.82, 2.24) is 9.97 Å². The first-order valence-corrected chi connectivity index (χ1v) is 5.42. The molecule has 1 aromatic heterocycles. The van der Waals surface area contributed by atoms with Crippen LogP contribution in [-0.4, -0.2) is 34.3 Å². The Bertz CT molecular complexity index is 453. The maximum Gasteiger partial charge on any atom is 0.308 e. The summed E-state index contributed by atoms with van der Waals surface area (Å²) >= 11 is 0. The van der Waals surface area contributed by atoms with Crippen LogP contribution in [0.3, 0.4) is 0 Å². The van der Waals surface area contributed by atoms with Crippen molar-refractivity contribution in [3.8, 4) is 0 Å². The second-order valence-corrected chi connectivity index (χ2v) is 3.59. The highest BCUT2D eigenvalue weighted by molar-refractivity contribution is 5.70. The molecular weight excluding hydrogens is 224 g/mol. The van der Waals surface area contributed by atoms with Gasteiger partial charge in [0, 0.05) is 24.3 Å². The SMILES string of the molecule is CCOCCc1nc(C)c(CC(=O)O)c(=O)[nH]1. The lowest BCUT2D eigenvalue weighted by Crippen LogP contribution is -2.22. The van der Waals surface area contributed by atoms with Crippen LogP contribution >= 0.6 is 0 Å². The van der Waals surface area contributed by atoms with Gasteiger partial charge in [0.2, 0.25) is 0 Å². The minimum absolute atomic E-state index is 0.206. The fourth-order valence-corrected chi connectivity index (χ4v) is 1.46. The topological polar surface area (TPSA) is 92.3 Å². The molecule has 0 spiro atoms. The largest absolute Gasteiger partial charge is 0.481 e. The van der Waals surface area contributed by atoms with E-state index >= 15 is 0 Å². The molecule has 1 rings (SSSR count). The third-order valence-corrected chi connectivity index (χ3v) is 2.29. The molecule has 0 saturated carbocycles. The van der Waals surface area contributed by atoms with Crippen molar-refractivity contribution in [3.63, 3.8) is 0 Å². The Morgan fingerprint density at radius 1 is 1.53 bits per heavy atom. The van der Waals surface area contributed by atoms with Gasteiger partial charge in [-0.2, -0.15) is 0 Å². The van der Waals surface area contributed by atoms with E-state index in [9.17, 15) is 9.59 Å². The molecule has 0 aliphatic rings. The molecule has 0 unspecified atom stereocenters. The Hall–Kier alpha value is -1.69. The van der Waals surface area contributed by atoms with E-state index in [1.54, 1.807) is 6.92 Å².